The van der Waals surface area contributed by atoms with Crippen molar-refractivity contribution in [1.29, 1.82) is 0 Å². The summed E-state index contributed by atoms with van der Waals surface area (Å²) in [5.74, 6) is 1.44. The molecule has 1 amide bonds. The first-order chi connectivity index (χ1) is 11.5. The molecule has 1 unspecified atom stereocenters. The van der Waals surface area contributed by atoms with Crippen LogP contribution < -0.4 is 0 Å². The Kier molecular flexibility index (Phi) is 5.53. The molecule has 24 heavy (non-hydrogen) atoms. The van der Waals surface area contributed by atoms with E-state index in [0.29, 0.717) is 38.5 Å². The van der Waals surface area contributed by atoms with Crippen LogP contribution in [-0.4, -0.2) is 78.9 Å². The van der Waals surface area contributed by atoms with Gasteiger partial charge in [0, 0.05) is 43.9 Å². The van der Waals surface area contributed by atoms with E-state index >= 15 is 0 Å². The molecule has 1 N–H and O–H groups in total. The lowest BCUT2D eigenvalue weighted by molar-refractivity contribution is -0.0227. The second kappa shape index (κ2) is 7.47. The molecular formula is C15H23N3O4S2. The molecule has 3 heterocycles. The van der Waals surface area contributed by atoms with Crippen LogP contribution in [-0.2, 0) is 14.8 Å². The fraction of sp³-hybridized carbons (Fsp3) is 0.667. The number of ether oxygens (including phenoxy) is 1. The number of sulfonamides is 1. The molecule has 7 nitrogen and oxygen atoms in total. The van der Waals surface area contributed by atoms with E-state index < -0.39 is 10.0 Å². The first-order valence-corrected chi connectivity index (χ1v) is 10.8. The zero-order chi connectivity index (χ0) is 17.2. The van der Waals surface area contributed by atoms with Crippen LogP contribution in [0.2, 0.25) is 0 Å². The van der Waals surface area contributed by atoms with Gasteiger partial charge in [-0.3, -0.25) is 4.79 Å². The summed E-state index contributed by atoms with van der Waals surface area (Å²) in [6, 6.07) is 1.45. The summed E-state index contributed by atoms with van der Waals surface area (Å²) in [5, 5.41) is 0. The lowest BCUT2D eigenvalue weighted by Crippen LogP contribution is -2.45. The summed E-state index contributed by atoms with van der Waals surface area (Å²) in [5.41, 5.74) is 0.316. The number of aromatic amines is 1. The first kappa shape index (κ1) is 17.8. The predicted octanol–water partition coefficient (Wildman–Crippen LogP) is 1.00. The van der Waals surface area contributed by atoms with Crippen LogP contribution in [0.5, 0.6) is 0 Å². The fourth-order valence-electron chi connectivity index (χ4n) is 2.90. The summed E-state index contributed by atoms with van der Waals surface area (Å²) in [4.78, 5) is 17.3. The van der Waals surface area contributed by atoms with Crippen molar-refractivity contribution in [3.63, 3.8) is 0 Å². The quantitative estimate of drug-likeness (QED) is 0.851. The lowest BCUT2D eigenvalue weighted by atomic mass is 10.2. The van der Waals surface area contributed by atoms with Crippen molar-refractivity contribution in [2.24, 2.45) is 0 Å². The molecule has 0 aromatic carbocycles. The highest BCUT2D eigenvalue weighted by Crippen LogP contribution is 2.21. The molecule has 0 saturated carbocycles. The third-order valence-corrected chi connectivity index (χ3v) is 7.20. The van der Waals surface area contributed by atoms with Crippen LogP contribution in [0.3, 0.4) is 0 Å². The van der Waals surface area contributed by atoms with Crippen LogP contribution in [0.1, 0.15) is 23.8 Å². The minimum absolute atomic E-state index is 0.0479. The molecule has 2 saturated heterocycles. The Morgan fingerprint density at radius 3 is 2.83 bits per heavy atom. The third kappa shape index (κ3) is 3.63. The van der Waals surface area contributed by atoms with Gasteiger partial charge in [-0.2, -0.15) is 16.1 Å². The van der Waals surface area contributed by atoms with Crippen molar-refractivity contribution in [2.75, 3.05) is 44.3 Å². The maximum absolute atomic E-state index is 12.6. The van der Waals surface area contributed by atoms with Gasteiger partial charge in [-0.25, -0.2) is 8.42 Å². The number of nitrogens with one attached hydrogen (secondary N) is 1. The maximum Gasteiger partial charge on any atom is 0.270 e. The molecule has 0 spiro atoms. The number of hydrogen-bond donors (Lipinski definition) is 1. The number of aromatic nitrogens is 1. The first-order valence-electron chi connectivity index (χ1n) is 8.19. The van der Waals surface area contributed by atoms with Crippen LogP contribution >= 0.6 is 11.8 Å². The fourth-order valence-corrected chi connectivity index (χ4v) is 5.47. The smallest absolute Gasteiger partial charge is 0.270 e. The molecule has 1 aromatic heterocycles. The van der Waals surface area contributed by atoms with E-state index in [1.54, 1.807) is 16.7 Å². The number of H-pyrrole nitrogens is 1. The molecule has 1 atom stereocenters. The second-order valence-electron chi connectivity index (χ2n) is 5.92. The average molecular weight is 374 g/mol. The number of carbonyl (C=O) groups is 1. The second-order valence-corrected chi connectivity index (χ2v) is 9.08. The minimum Gasteiger partial charge on any atom is -0.375 e. The van der Waals surface area contributed by atoms with Gasteiger partial charge >= 0.3 is 0 Å². The molecule has 1 aromatic rings. The zero-order valence-electron chi connectivity index (χ0n) is 13.7. The molecule has 9 heteroatoms. The molecule has 2 fully saturated rings. The summed E-state index contributed by atoms with van der Waals surface area (Å²) < 4.78 is 32.4. The van der Waals surface area contributed by atoms with Gasteiger partial charge < -0.3 is 14.6 Å². The van der Waals surface area contributed by atoms with Crippen molar-refractivity contribution in [1.82, 2.24) is 14.2 Å². The van der Waals surface area contributed by atoms with E-state index in [9.17, 15) is 13.2 Å². The van der Waals surface area contributed by atoms with E-state index in [1.165, 1.54) is 16.6 Å². The Balaban J connectivity index is 1.73. The van der Waals surface area contributed by atoms with Crippen LogP contribution in [0.4, 0.5) is 0 Å². The van der Waals surface area contributed by atoms with Gasteiger partial charge in [-0.05, 0) is 12.5 Å². The summed E-state index contributed by atoms with van der Waals surface area (Å²) >= 11 is 1.75. The van der Waals surface area contributed by atoms with Crippen LogP contribution in [0, 0.1) is 0 Å². The van der Waals surface area contributed by atoms with Gasteiger partial charge in [0.15, 0.2) is 0 Å². The molecule has 0 radical (unpaired) electrons. The van der Waals surface area contributed by atoms with Crippen molar-refractivity contribution < 1.29 is 17.9 Å². The topological polar surface area (TPSA) is 82.7 Å². The summed E-state index contributed by atoms with van der Waals surface area (Å²) in [6.45, 7) is 4.64. The van der Waals surface area contributed by atoms with E-state index in [1.807, 2.05) is 6.92 Å². The number of carbonyl (C=O) groups excluding carboxylic acids is 1. The predicted molar refractivity (Wildman–Crippen MR) is 92.8 cm³/mol. The number of hydrogen-bond acceptors (Lipinski definition) is 5. The van der Waals surface area contributed by atoms with E-state index in [0.717, 1.165) is 17.9 Å². The highest BCUT2D eigenvalue weighted by molar-refractivity contribution is 7.99. The van der Waals surface area contributed by atoms with Gasteiger partial charge in [-0.1, -0.05) is 6.92 Å². The highest BCUT2D eigenvalue weighted by Gasteiger charge is 2.29. The van der Waals surface area contributed by atoms with Crippen molar-refractivity contribution in [3.8, 4) is 0 Å². The van der Waals surface area contributed by atoms with Crippen LogP contribution in [0.15, 0.2) is 17.2 Å². The molecule has 3 rings (SSSR count). The standard InChI is InChI=1S/C15H23N3O4S2/c1-2-12-11-17(3-6-22-12)15(19)14-9-13(10-16-14)24(20,21)18-4-7-23-8-5-18/h9-10,12,16H,2-8,11H2,1H3. The third-order valence-electron chi connectivity index (χ3n) is 4.38. The monoisotopic (exact) mass is 373 g/mol. The van der Waals surface area contributed by atoms with Crippen molar-refractivity contribution in [2.45, 2.75) is 24.3 Å². The number of amides is 1. The normalized spacial score (nSPS) is 23.4. The van der Waals surface area contributed by atoms with Gasteiger partial charge in [-0.15, -0.1) is 0 Å². The average Bonchev–Trinajstić information content (AvgIpc) is 3.13. The Labute approximate surface area is 146 Å². The van der Waals surface area contributed by atoms with Crippen LogP contribution in [0.25, 0.3) is 0 Å². The Hall–Kier alpha value is -1.03. The molecule has 134 valence electrons. The lowest BCUT2D eigenvalue weighted by Gasteiger charge is -2.32. The summed E-state index contributed by atoms with van der Waals surface area (Å²) in [6.07, 6.45) is 2.31. The molecule has 0 bridgehead atoms. The van der Waals surface area contributed by atoms with E-state index in [-0.39, 0.29) is 16.9 Å². The number of nitrogens with zero attached hydrogens (tertiary/aromatic N) is 2. The number of morpholine rings is 1. The molecular weight excluding hydrogens is 350 g/mol. The van der Waals surface area contributed by atoms with Gasteiger partial charge in [0.25, 0.3) is 5.91 Å². The number of rotatable bonds is 4. The number of thioether (sulfide) groups is 1. The molecule has 2 aliphatic rings. The van der Waals surface area contributed by atoms with Gasteiger partial charge in [0.05, 0.1) is 12.7 Å². The van der Waals surface area contributed by atoms with Crippen molar-refractivity contribution >= 4 is 27.7 Å². The Morgan fingerprint density at radius 1 is 1.38 bits per heavy atom. The SMILES string of the molecule is CCC1CN(C(=O)c2cc(S(=O)(=O)N3CCSCC3)c[nH]2)CCO1. The summed E-state index contributed by atoms with van der Waals surface area (Å²) in [7, 11) is -3.53. The largest absolute Gasteiger partial charge is 0.375 e. The zero-order valence-corrected chi connectivity index (χ0v) is 15.4. The van der Waals surface area contributed by atoms with E-state index in [2.05, 4.69) is 4.98 Å². The maximum atomic E-state index is 12.6. The Morgan fingerprint density at radius 2 is 2.12 bits per heavy atom. The van der Waals surface area contributed by atoms with Gasteiger partial charge in [0.1, 0.15) is 10.6 Å². The molecule has 2 aliphatic heterocycles. The van der Waals surface area contributed by atoms with Crippen molar-refractivity contribution in [3.05, 3.63) is 18.0 Å². The Bertz CT molecular complexity index is 683. The molecule has 0 aliphatic carbocycles. The minimum atomic E-state index is -3.53. The highest BCUT2D eigenvalue weighted by atomic mass is 32.2. The van der Waals surface area contributed by atoms with Gasteiger partial charge in [0.2, 0.25) is 10.0 Å². The van der Waals surface area contributed by atoms with E-state index in [4.69, 9.17) is 4.74 Å².